The number of nitrogens with zero attached hydrogens (tertiary/aromatic N) is 3. The maximum absolute atomic E-state index is 12.3. The van der Waals surface area contributed by atoms with Crippen LogP contribution in [0.15, 0.2) is 54.4 Å². The molecule has 0 fully saturated rings. The van der Waals surface area contributed by atoms with Crippen LogP contribution < -0.4 is 0 Å². The highest BCUT2D eigenvalue weighted by Crippen LogP contribution is 2.29. The Kier molecular flexibility index (Phi) is 5.76. The van der Waals surface area contributed by atoms with Gasteiger partial charge in [-0.2, -0.15) is 0 Å². The number of hydrogen-bond acceptors (Lipinski definition) is 7. The normalized spacial score (nSPS) is 11.2. The van der Waals surface area contributed by atoms with Crippen LogP contribution in [-0.4, -0.2) is 38.3 Å². The molecule has 0 aliphatic rings. The number of rotatable bonds is 7. The Hall–Kier alpha value is -3.65. The first kappa shape index (κ1) is 19.7. The van der Waals surface area contributed by atoms with Crippen LogP contribution in [0.5, 0.6) is 0 Å². The zero-order chi connectivity index (χ0) is 20.9. The first-order valence-electron chi connectivity index (χ1n) is 9.34. The maximum Gasteiger partial charge on any atom is 0.340 e. The van der Waals surface area contributed by atoms with E-state index in [1.807, 2.05) is 29.6 Å². The van der Waals surface area contributed by atoms with Gasteiger partial charge in [0.05, 0.1) is 23.3 Å². The molecule has 0 unspecified atom stereocenters. The summed E-state index contributed by atoms with van der Waals surface area (Å²) in [4.78, 5) is 40.4. The zero-order valence-electron chi connectivity index (χ0n) is 16.2. The Morgan fingerprint density at radius 2 is 2.13 bits per heavy atom. The summed E-state index contributed by atoms with van der Waals surface area (Å²) >= 11 is 1.47. The number of carbonyl (C=O) groups is 2. The molecule has 0 amide bonds. The van der Waals surface area contributed by atoms with Crippen LogP contribution in [-0.2, 0) is 16.0 Å². The lowest BCUT2D eigenvalue weighted by Gasteiger charge is -2.07. The van der Waals surface area contributed by atoms with Gasteiger partial charge in [0.1, 0.15) is 17.0 Å². The lowest BCUT2D eigenvalue weighted by atomic mass is 10.0. The molecule has 0 aliphatic carbocycles. The third-order valence-electron chi connectivity index (χ3n) is 4.41. The molecule has 3 heterocycles. The topological polar surface area (TPSA) is 97.8 Å². The molecule has 3 aromatic heterocycles. The number of esters is 1. The Morgan fingerprint density at radius 1 is 1.23 bits per heavy atom. The molecule has 1 N–H and O–H groups in total. The number of ether oxygens (including phenoxy) is 1. The van der Waals surface area contributed by atoms with Gasteiger partial charge >= 0.3 is 5.97 Å². The minimum atomic E-state index is -0.432. The first-order valence-corrected chi connectivity index (χ1v) is 10.2. The number of nitrogens with one attached hydrogen (secondary N) is 1. The minimum absolute atomic E-state index is 0.0240. The highest BCUT2D eigenvalue weighted by Gasteiger charge is 2.19. The molecule has 30 heavy (non-hydrogen) atoms. The molecule has 0 spiro atoms. The van der Waals surface area contributed by atoms with Crippen molar-refractivity contribution in [2.45, 2.75) is 13.3 Å². The quantitative estimate of drug-likeness (QED) is 0.359. The second-order valence-corrected chi connectivity index (χ2v) is 7.34. The average Bonchev–Trinajstić information content (AvgIpc) is 3.42. The molecule has 4 rings (SSSR count). The minimum Gasteiger partial charge on any atom is -0.462 e. The highest BCUT2D eigenvalue weighted by molar-refractivity contribution is 7.10. The second-order valence-electron chi connectivity index (χ2n) is 6.42. The van der Waals surface area contributed by atoms with Crippen molar-refractivity contribution in [3.8, 4) is 11.3 Å². The van der Waals surface area contributed by atoms with Crippen molar-refractivity contribution in [1.29, 1.82) is 0 Å². The van der Waals surface area contributed by atoms with Crippen molar-refractivity contribution in [3.63, 3.8) is 0 Å². The van der Waals surface area contributed by atoms with Gasteiger partial charge in [0, 0.05) is 29.8 Å². The number of fused-ring (bicyclic) bond motifs is 1. The largest absolute Gasteiger partial charge is 0.462 e. The molecule has 8 heteroatoms. The summed E-state index contributed by atoms with van der Waals surface area (Å²) in [6.45, 7) is 2.04. The highest BCUT2D eigenvalue weighted by atomic mass is 32.1. The van der Waals surface area contributed by atoms with E-state index in [0.717, 1.165) is 16.1 Å². The van der Waals surface area contributed by atoms with Crippen LogP contribution in [0.1, 0.15) is 27.9 Å². The summed E-state index contributed by atoms with van der Waals surface area (Å²) in [6, 6.07) is 7.55. The van der Waals surface area contributed by atoms with E-state index in [9.17, 15) is 9.59 Å². The second kappa shape index (κ2) is 8.79. The third kappa shape index (κ3) is 4.18. The van der Waals surface area contributed by atoms with Gasteiger partial charge in [-0.05, 0) is 30.7 Å². The Bertz CT molecular complexity index is 1230. The van der Waals surface area contributed by atoms with E-state index >= 15 is 0 Å². The zero-order valence-corrected chi connectivity index (χ0v) is 17.0. The predicted octanol–water partition coefficient (Wildman–Crippen LogP) is 4.08. The number of ketones is 1. The standard InChI is InChI=1S/C22H18N4O3S/c1-2-29-22(28)17-12-24-21-19(17)20(25-13-26-21)15-5-3-4-14(10-15)11-16(27)6-7-18-23-8-9-30-18/h3-10,12-13H,2,11H2,1H3,(H,24,25,26)/b7-6+. The van der Waals surface area contributed by atoms with E-state index in [1.54, 1.807) is 31.5 Å². The van der Waals surface area contributed by atoms with Gasteiger partial charge in [0.2, 0.25) is 0 Å². The van der Waals surface area contributed by atoms with Crippen LogP contribution in [0.2, 0.25) is 0 Å². The van der Waals surface area contributed by atoms with E-state index < -0.39 is 5.97 Å². The molecule has 0 saturated heterocycles. The number of H-pyrrole nitrogens is 1. The van der Waals surface area contributed by atoms with E-state index in [2.05, 4.69) is 19.9 Å². The van der Waals surface area contributed by atoms with E-state index in [1.165, 1.54) is 17.7 Å². The SMILES string of the molecule is CCOC(=O)c1c[nH]c2ncnc(-c3cccc(CC(=O)/C=C/c4nccs4)c3)c12. The lowest BCUT2D eigenvalue weighted by molar-refractivity contribution is -0.113. The number of thiazole rings is 1. The summed E-state index contributed by atoms with van der Waals surface area (Å²) in [7, 11) is 0. The molecule has 150 valence electrons. The molecule has 0 atom stereocenters. The van der Waals surface area contributed by atoms with Crippen LogP contribution in [0.4, 0.5) is 0 Å². The molecular formula is C22H18N4O3S. The molecule has 7 nitrogen and oxygen atoms in total. The van der Waals surface area contributed by atoms with Gasteiger partial charge in [-0.3, -0.25) is 4.79 Å². The van der Waals surface area contributed by atoms with Crippen molar-refractivity contribution in [2.75, 3.05) is 6.61 Å². The Labute approximate surface area is 176 Å². The molecule has 1 aromatic carbocycles. The lowest BCUT2D eigenvalue weighted by Crippen LogP contribution is -2.04. The molecule has 4 aromatic rings. The smallest absolute Gasteiger partial charge is 0.340 e. The van der Waals surface area contributed by atoms with Gasteiger partial charge in [0.15, 0.2) is 5.78 Å². The number of carbonyl (C=O) groups excluding carboxylic acids is 2. The molecule has 0 aliphatic heterocycles. The summed E-state index contributed by atoms with van der Waals surface area (Å²) in [5.74, 6) is -0.456. The summed E-state index contributed by atoms with van der Waals surface area (Å²) in [5.41, 5.74) is 3.19. The molecule has 0 saturated carbocycles. The van der Waals surface area contributed by atoms with Crippen LogP contribution in [0.25, 0.3) is 28.4 Å². The number of allylic oxidation sites excluding steroid dienone is 1. The van der Waals surface area contributed by atoms with Crippen LogP contribution in [0, 0.1) is 0 Å². The van der Waals surface area contributed by atoms with Gasteiger partial charge in [-0.15, -0.1) is 11.3 Å². The van der Waals surface area contributed by atoms with Crippen molar-refractivity contribution in [3.05, 3.63) is 70.6 Å². The fourth-order valence-electron chi connectivity index (χ4n) is 3.12. The number of aromatic nitrogens is 4. The van der Waals surface area contributed by atoms with Gasteiger partial charge in [-0.25, -0.2) is 19.7 Å². The van der Waals surface area contributed by atoms with Crippen molar-refractivity contribution >= 4 is 40.2 Å². The number of aromatic amines is 1. The molecule has 0 radical (unpaired) electrons. The van der Waals surface area contributed by atoms with Crippen molar-refractivity contribution in [2.24, 2.45) is 0 Å². The van der Waals surface area contributed by atoms with E-state index in [0.29, 0.717) is 22.3 Å². The monoisotopic (exact) mass is 418 g/mol. The Balaban J connectivity index is 1.64. The van der Waals surface area contributed by atoms with Crippen molar-refractivity contribution in [1.82, 2.24) is 19.9 Å². The fraction of sp³-hybridized carbons (Fsp3) is 0.136. The van der Waals surface area contributed by atoms with Crippen LogP contribution >= 0.6 is 11.3 Å². The van der Waals surface area contributed by atoms with E-state index in [4.69, 9.17) is 4.74 Å². The summed E-state index contributed by atoms with van der Waals surface area (Å²) in [6.07, 6.45) is 8.24. The average molecular weight is 418 g/mol. The van der Waals surface area contributed by atoms with Crippen LogP contribution in [0.3, 0.4) is 0 Å². The van der Waals surface area contributed by atoms with Gasteiger partial charge in [-0.1, -0.05) is 18.2 Å². The third-order valence-corrected chi connectivity index (χ3v) is 5.15. The molecule has 0 bridgehead atoms. The van der Waals surface area contributed by atoms with Gasteiger partial charge < -0.3 is 9.72 Å². The fourth-order valence-corrected chi connectivity index (χ4v) is 3.65. The Morgan fingerprint density at radius 3 is 2.93 bits per heavy atom. The van der Waals surface area contributed by atoms with Gasteiger partial charge in [0.25, 0.3) is 0 Å². The number of benzene rings is 1. The van der Waals surface area contributed by atoms with Crippen molar-refractivity contribution < 1.29 is 14.3 Å². The first-order chi connectivity index (χ1) is 14.7. The predicted molar refractivity (Wildman–Crippen MR) is 115 cm³/mol. The van der Waals surface area contributed by atoms with E-state index in [-0.39, 0.29) is 18.8 Å². The molecular weight excluding hydrogens is 400 g/mol. The number of hydrogen-bond donors (Lipinski definition) is 1. The summed E-state index contributed by atoms with van der Waals surface area (Å²) in [5, 5.41) is 3.25. The maximum atomic E-state index is 12.3. The summed E-state index contributed by atoms with van der Waals surface area (Å²) < 4.78 is 5.15.